The molecule has 1 rings (SSSR count). The van der Waals surface area contributed by atoms with E-state index in [2.05, 4.69) is 5.10 Å². The highest BCUT2D eigenvalue weighted by Crippen LogP contribution is 2.13. The van der Waals surface area contributed by atoms with E-state index >= 15 is 0 Å². The number of aromatic nitrogens is 2. The van der Waals surface area contributed by atoms with Crippen molar-refractivity contribution in [3.8, 4) is 0 Å². The minimum absolute atomic E-state index is 0.0232. The number of carbonyl (C=O) groups excluding carboxylic acids is 1. The first kappa shape index (κ1) is 16.7. The second kappa shape index (κ2) is 8.01. The quantitative estimate of drug-likeness (QED) is 0.737. The summed E-state index contributed by atoms with van der Waals surface area (Å²) in [5, 5.41) is 13.2. The summed E-state index contributed by atoms with van der Waals surface area (Å²) in [6.45, 7) is 7.84. The van der Waals surface area contributed by atoms with E-state index in [0.717, 1.165) is 18.7 Å². The van der Waals surface area contributed by atoms with Gasteiger partial charge in [0.2, 0.25) is 0 Å². The van der Waals surface area contributed by atoms with Crippen molar-refractivity contribution in [1.82, 2.24) is 14.7 Å². The van der Waals surface area contributed by atoms with Crippen LogP contribution in [0.1, 0.15) is 42.7 Å². The SMILES string of the molecule is Cc1c(C(=O)N(CCCO)C(C)C)cnn1CCCN. The number of aliphatic hydroxyl groups is 1. The number of nitrogens with two attached hydrogens (primary N) is 1. The van der Waals surface area contributed by atoms with Crippen LogP contribution >= 0.6 is 0 Å². The molecule has 0 saturated carbocycles. The highest BCUT2D eigenvalue weighted by Gasteiger charge is 2.22. The molecule has 0 radical (unpaired) electrons. The van der Waals surface area contributed by atoms with Gasteiger partial charge in [0.05, 0.1) is 11.8 Å². The van der Waals surface area contributed by atoms with Gasteiger partial charge < -0.3 is 15.7 Å². The van der Waals surface area contributed by atoms with Crippen molar-refractivity contribution >= 4 is 5.91 Å². The van der Waals surface area contributed by atoms with Gasteiger partial charge in [-0.2, -0.15) is 5.10 Å². The number of aryl methyl sites for hydroxylation is 1. The second-order valence-electron chi connectivity index (χ2n) is 5.18. The zero-order valence-corrected chi connectivity index (χ0v) is 12.7. The Morgan fingerprint density at radius 1 is 1.50 bits per heavy atom. The molecule has 0 aliphatic rings. The molecular weight excluding hydrogens is 256 g/mol. The molecule has 0 bridgehead atoms. The zero-order chi connectivity index (χ0) is 15.1. The van der Waals surface area contributed by atoms with Gasteiger partial charge in [0.1, 0.15) is 0 Å². The molecule has 0 unspecified atom stereocenters. The number of aliphatic hydroxyl groups excluding tert-OH is 1. The fourth-order valence-corrected chi connectivity index (χ4v) is 2.11. The summed E-state index contributed by atoms with van der Waals surface area (Å²) < 4.78 is 1.82. The maximum Gasteiger partial charge on any atom is 0.257 e. The van der Waals surface area contributed by atoms with Crippen molar-refractivity contribution in [2.45, 2.75) is 46.2 Å². The molecule has 6 heteroatoms. The van der Waals surface area contributed by atoms with Crippen LogP contribution in [0, 0.1) is 6.92 Å². The lowest BCUT2D eigenvalue weighted by Gasteiger charge is -2.26. The first-order chi connectivity index (χ1) is 9.52. The van der Waals surface area contributed by atoms with Crippen molar-refractivity contribution in [1.29, 1.82) is 0 Å². The maximum absolute atomic E-state index is 12.6. The largest absolute Gasteiger partial charge is 0.396 e. The molecule has 1 heterocycles. The van der Waals surface area contributed by atoms with Gasteiger partial charge in [0, 0.05) is 31.4 Å². The van der Waals surface area contributed by atoms with E-state index in [-0.39, 0.29) is 18.6 Å². The van der Waals surface area contributed by atoms with Crippen LogP contribution in [0.15, 0.2) is 6.20 Å². The molecule has 1 amide bonds. The monoisotopic (exact) mass is 282 g/mol. The Bertz CT molecular complexity index is 429. The minimum atomic E-state index is -0.0232. The van der Waals surface area contributed by atoms with E-state index in [1.54, 1.807) is 11.1 Å². The van der Waals surface area contributed by atoms with E-state index in [1.807, 2.05) is 25.5 Å². The van der Waals surface area contributed by atoms with Crippen LogP contribution in [0.4, 0.5) is 0 Å². The molecule has 3 N–H and O–H groups in total. The van der Waals surface area contributed by atoms with E-state index in [0.29, 0.717) is 25.1 Å². The average molecular weight is 282 g/mol. The van der Waals surface area contributed by atoms with E-state index < -0.39 is 0 Å². The minimum Gasteiger partial charge on any atom is -0.396 e. The summed E-state index contributed by atoms with van der Waals surface area (Å²) in [6.07, 6.45) is 3.06. The van der Waals surface area contributed by atoms with Gasteiger partial charge in [0.15, 0.2) is 0 Å². The number of hydrogen-bond acceptors (Lipinski definition) is 4. The van der Waals surface area contributed by atoms with Crippen molar-refractivity contribution in [2.75, 3.05) is 19.7 Å². The number of carbonyl (C=O) groups is 1. The Morgan fingerprint density at radius 3 is 2.75 bits per heavy atom. The van der Waals surface area contributed by atoms with Crippen molar-refractivity contribution in [2.24, 2.45) is 5.73 Å². The second-order valence-corrected chi connectivity index (χ2v) is 5.18. The maximum atomic E-state index is 12.6. The number of amides is 1. The molecule has 114 valence electrons. The Hall–Kier alpha value is -1.40. The van der Waals surface area contributed by atoms with Crippen LogP contribution in [0.5, 0.6) is 0 Å². The summed E-state index contributed by atoms with van der Waals surface area (Å²) in [6, 6.07) is 0.0980. The van der Waals surface area contributed by atoms with Gasteiger partial charge in [-0.3, -0.25) is 9.48 Å². The fraction of sp³-hybridized carbons (Fsp3) is 0.714. The fourth-order valence-electron chi connectivity index (χ4n) is 2.11. The third-order valence-electron chi connectivity index (χ3n) is 3.35. The predicted molar refractivity (Wildman–Crippen MR) is 78.5 cm³/mol. The van der Waals surface area contributed by atoms with Crippen LogP contribution in [0.3, 0.4) is 0 Å². The highest BCUT2D eigenvalue weighted by atomic mass is 16.3. The number of nitrogens with zero attached hydrogens (tertiary/aromatic N) is 3. The third-order valence-corrected chi connectivity index (χ3v) is 3.35. The summed E-state index contributed by atoms with van der Waals surface area (Å²) in [4.78, 5) is 14.3. The molecule has 1 aromatic rings. The summed E-state index contributed by atoms with van der Waals surface area (Å²) in [7, 11) is 0. The molecule has 6 nitrogen and oxygen atoms in total. The van der Waals surface area contributed by atoms with Gasteiger partial charge in [0.25, 0.3) is 5.91 Å². The molecule has 20 heavy (non-hydrogen) atoms. The lowest BCUT2D eigenvalue weighted by molar-refractivity contribution is 0.0692. The van der Waals surface area contributed by atoms with Crippen LogP contribution in [0.25, 0.3) is 0 Å². The van der Waals surface area contributed by atoms with Gasteiger partial charge >= 0.3 is 0 Å². The van der Waals surface area contributed by atoms with E-state index in [1.165, 1.54) is 0 Å². The average Bonchev–Trinajstić information content (AvgIpc) is 2.77. The van der Waals surface area contributed by atoms with Crippen molar-refractivity contribution in [3.63, 3.8) is 0 Å². The first-order valence-electron chi connectivity index (χ1n) is 7.17. The predicted octanol–water partition coefficient (Wildman–Crippen LogP) is 0.773. The van der Waals surface area contributed by atoms with Gasteiger partial charge in [-0.05, 0) is 40.2 Å². The molecule has 1 aromatic heterocycles. The molecule has 0 spiro atoms. The number of hydrogen-bond donors (Lipinski definition) is 2. The first-order valence-corrected chi connectivity index (χ1v) is 7.17. The molecule has 0 fully saturated rings. The smallest absolute Gasteiger partial charge is 0.257 e. The highest BCUT2D eigenvalue weighted by molar-refractivity contribution is 5.95. The number of rotatable bonds is 8. The van der Waals surface area contributed by atoms with Crippen LogP contribution in [-0.2, 0) is 6.54 Å². The molecule has 0 aliphatic heterocycles. The third kappa shape index (κ3) is 4.05. The summed E-state index contributed by atoms with van der Waals surface area (Å²) in [5.74, 6) is -0.0232. The Balaban J connectivity index is 2.86. The molecule has 0 aliphatic carbocycles. The zero-order valence-electron chi connectivity index (χ0n) is 12.7. The molecule has 0 saturated heterocycles. The molecular formula is C14H26N4O2. The summed E-state index contributed by atoms with van der Waals surface area (Å²) in [5.41, 5.74) is 7.00. The van der Waals surface area contributed by atoms with E-state index in [4.69, 9.17) is 10.8 Å². The standard InChI is InChI=1S/C14H26N4O2/c1-11(2)17(7-5-9-19)14(20)13-10-16-18(12(13)3)8-4-6-15/h10-11,19H,4-9,15H2,1-3H3. The van der Waals surface area contributed by atoms with Crippen LogP contribution < -0.4 is 5.73 Å². The van der Waals surface area contributed by atoms with Crippen molar-refractivity contribution in [3.05, 3.63) is 17.5 Å². The van der Waals surface area contributed by atoms with E-state index in [9.17, 15) is 4.79 Å². The molecule has 0 aromatic carbocycles. The molecule has 0 atom stereocenters. The normalized spacial score (nSPS) is 11.1. The van der Waals surface area contributed by atoms with Gasteiger partial charge in [-0.15, -0.1) is 0 Å². The lowest BCUT2D eigenvalue weighted by atomic mass is 10.2. The lowest BCUT2D eigenvalue weighted by Crippen LogP contribution is -2.38. The Kier molecular flexibility index (Phi) is 6.67. The summed E-state index contributed by atoms with van der Waals surface area (Å²) >= 11 is 0. The van der Waals surface area contributed by atoms with Gasteiger partial charge in [-0.1, -0.05) is 0 Å². The Morgan fingerprint density at radius 2 is 2.20 bits per heavy atom. The van der Waals surface area contributed by atoms with Crippen LogP contribution in [0.2, 0.25) is 0 Å². The van der Waals surface area contributed by atoms with Crippen molar-refractivity contribution < 1.29 is 9.90 Å². The van der Waals surface area contributed by atoms with Crippen LogP contribution in [-0.4, -0.2) is 51.4 Å². The topological polar surface area (TPSA) is 84.4 Å². The van der Waals surface area contributed by atoms with Gasteiger partial charge in [-0.25, -0.2) is 0 Å². The Labute approximate surface area is 120 Å².